The lowest BCUT2D eigenvalue weighted by Crippen LogP contribution is -2.26. The summed E-state index contributed by atoms with van der Waals surface area (Å²) in [6, 6.07) is 15.0. The average Bonchev–Trinajstić information content (AvgIpc) is 3.39. The standard InChI is InChI=1S/C19H16N6O2/c1-25(12-17-21-18(24-27-17)14-8-5-9-20-11-14)19(26)16-10-15(22-23-16)13-6-3-2-4-7-13/h2-11H,12H2,1H3,(H,22,23). The average molecular weight is 360 g/mol. The number of pyridine rings is 1. The maximum absolute atomic E-state index is 12.6. The quantitative estimate of drug-likeness (QED) is 0.587. The van der Waals surface area contributed by atoms with Gasteiger partial charge in [-0.3, -0.25) is 14.9 Å². The van der Waals surface area contributed by atoms with Crippen molar-refractivity contribution in [1.29, 1.82) is 0 Å². The summed E-state index contributed by atoms with van der Waals surface area (Å²) < 4.78 is 5.24. The molecule has 0 aliphatic heterocycles. The summed E-state index contributed by atoms with van der Waals surface area (Å²) in [6.07, 6.45) is 3.32. The van der Waals surface area contributed by atoms with Crippen molar-refractivity contribution in [2.24, 2.45) is 0 Å². The molecule has 4 rings (SSSR count). The third-order valence-corrected chi connectivity index (χ3v) is 3.98. The molecule has 0 saturated carbocycles. The molecule has 4 aromatic rings. The van der Waals surface area contributed by atoms with Gasteiger partial charge in [0.1, 0.15) is 12.2 Å². The Bertz CT molecular complexity index is 1040. The van der Waals surface area contributed by atoms with Crippen LogP contribution < -0.4 is 0 Å². The Hall–Kier alpha value is -3.81. The first kappa shape index (κ1) is 16.6. The van der Waals surface area contributed by atoms with Crippen LogP contribution in [0.2, 0.25) is 0 Å². The maximum Gasteiger partial charge on any atom is 0.272 e. The lowest BCUT2D eigenvalue weighted by atomic mass is 10.1. The Kier molecular flexibility index (Phi) is 4.44. The number of aromatic amines is 1. The predicted molar refractivity (Wildman–Crippen MR) is 97.4 cm³/mol. The minimum absolute atomic E-state index is 0.186. The van der Waals surface area contributed by atoms with E-state index in [1.54, 1.807) is 31.6 Å². The smallest absolute Gasteiger partial charge is 0.272 e. The summed E-state index contributed by atoms with van der Waals surface area (Å²) in [4.78, 5) is 22.5. The van der Waals surface area contributed by atoms with Gasteiger partial charge in [0.05, 0.1) is 5.69 Å². The van der Waals surface area contributed by atoms with Crippen molar-refractivity contribution in [3.8, 4) is 22.6 Å². The Balaban J connectivity index is 1.46. The van der Waals surface area contributed by atoms with Crippen LogP contribution in [0.1, 0.15) is 16.4 Å². The van der Waals surface area contributed by atoms with Crippen molar-refractivity contribution >= 4 is 5.91 Å². The van der Waals surface area contributed by atoms with Gasteiger partial charge in [-0.2, -0.15) is 10.1 Å². The van der Waals surface area contributed by atoms with Crippen molar-refractivity contribution in [1.82, 2.24) is 30.2 Å². The molecular weight excluding hydrogens is 344 g/mol. The molecule has 0 fully saturated rings. The number of hydrogen-bond donors (Lipinski definition) is 1. The minimum atomic E-state index is -0.217. The molecule has 0 unspecified atom stereocenters. The Morgan fingerprint density at radius 2 is 1.96 bits per heavy atom. The molecule has 0 bridgehead atoms. The number of benzene rings is 1. The topological polar surface area (TPSA) is 101 Å². The highest BCUT2D eigenvalue weighted by atomic mass is 16.5. The van der Waals surface area contributed by atoms with Gasteiger partial charge in [-0.1, -0.05) is 35.5 Å². The van der Waals surface area contributed by atoms with Gasteiger partial charge in [0.2, 0.25) is 11.7 Å². The highest BCUT2D eigenvalue weighted by Crippen LogP contribution is 2.18. The van der Waals surface area contributed by atoms with E-state index in [1.165, 1.54) is 4.90 Å². The largest absolute Gasteiger partial charge is 0.337 e. The van der Waals surface area contributed by atoms with E-state index < -0.39 is 0 Å². The number of H-pyrrole nitrogens is 1. The molecule has 1 amide bonds. The first-order valence-corrected chi connectivity index (χ1v) is 8.30. The molecule has 3 heterocycles. The molecule has 8 heteroatoms. The highest BCUT2D eigenvalue weighted by Gasteiger charge is 2.18. The number of nitrogens with zero attached hydrogens (tertiary/aromatic N) is 5. The number of carbonyl (C=O) groups is 1. The number of rotatable bonds is 5. The van der Waals surface area contributed by atoms with Crippen LogP contribution in [0.25, 0.3) is 22.6 Å². The third kappa shape index (κ3) is 3.59. The molecule has 1 N–H and O–H groups in total. The molecular formula is C19H16N6O2. The van der Waals surface area contributed by atoms with E-state index in [2.05, 4.69) is 25.3 Å². The van der Waals surface area contributed by atoms with Gasteiger partial charge in [-0.05, 0) is 18.2 Å². The fourth-order valence-corrected chi connectivity index (χ4v) is 2.60. The number of nitrogens with one attached hydrogen (secondary N) is 1. The lowest BCUT2D eigenvalue weighted by Gasteiger charge is -2.12. The van der Waals surface area contributed by atoms with E-state index in [4.69, 9.17) is 4.52 Å². The van der Waals surface area contributed by atoms with Gasteiger partial charge in [0.25, 0.3) is 5.91 Å². The third-order valence-electron chi connectivity index (χ3n) is 3.98. The zero-order valence-corrected chi connectivity index (χ0v) is 14.5. The van der Waals surface area contributed by atoms with E-state index in [0.29, 0.717) is 23.1 Å². The van der Waals surface area contributed by atoms with E-state index >= 15 is 0 Å². The van der Waals surface area contributed by atoms with E-state index in [-0.39, 0.29) is 12.5 Å². The van der Waals surface area contributed by atoms with Crippen molar-refractivity contribution in [2.45, 2.75) is 6.54 Å². The molecule has 3 aromatic heterocycles. The van der Waals surface area contributed by atoms with Crippen molar-refractivity contribution in [3.05, 3.63) is 72.5 Å². The molecule has 1 aromatic carbocycles. The van der Waals surface area contributed by atoms with Gasteiger partial charge in [-0.25, -0.2) is 0 Å². The van der Waals surface area contributed by atoms with Crippen LogP contribution in [0.15, 0.2) is 65.4 Å². The van der Waals surface area contributed by atoms with E-state index in [1.807, 2.05) is 36.4 Å². The first-order valence-electron chi connectivity index (χ1n) is 8.30. The lowest BCUT2D eigenvalue weighted by molar-refractivity contribution is 0.0763. The fourth-order valence-electron chi connectivity index (χ4n) is 2.60. The van der Waals surface area contributed by atoms with E-state index in [0.717, 1.165) is 11.1 Å². The van der Waals surface area contributed by atoms with Gasteiger partial charge in [0.15, 0.2) is 0 Å². The molecule has 27 heavy (non-hydrogen) atoms. The second-order valence-electron chi connectivity index (χ2n) is 5.95. The maximum atomic E-state index is 12.6. The molecule has 0 radical (unpaired) electrons. The van der Waals surface area contributed by atoms with Crippen LogP contribution in [-0.4, -0.2) is 43.2 Å². The monoisotopic (exact) mass is 360 g/mol. The van der Waals surface area contributed by atoms with Gasteiger partial charge < -0.3 is 9.42 Å². The van der Waals surface area contributed by atoms with Gasteiger partial charge in [0, 0.05) is 30.6 Å². The summed E-state index contributed by atoms with van der Waals surface area (Å²) in [5, 5.41) is 10.9. The van der Waals surface area contributed by atoms with Crippen LogP contribution >= 0.6 is 0 Å². The number of amides is 1. The Morgan fingerprint density at radius 3 is 2.74 bits per heavy atom. The summed E-state index contributed by atoms with van der Waals surface area (Å²) in [6.45, 7) is 0.186. The fraction of sp³-hybridized carbons (Fsp3) is 0.105. The second kappa shape index (κ2) is 7.20. The molecule has 134 valence electrons. The zero-order valence-electron chi connectivity index (χ0n) is 14.5. The number of aromatic nitrogens is 5. The SMILES string of the molecule is CN(Cc1nc(-c2cccnc2)no1)C(=O)c1cc(-c2ccccc2)n[nH]1. The summed E-state index contributed by atoms with van der Waals surface area (Å²) in [5.74, 6) is 0.560. The van der Waals surface area contributed by atoms with Crippen LogP contribution in [0.5, 0.6) is 0 Å². The molecule has 0 saturated heterocycles. The summed E-state index contributed by atoms with van der Waals surface area (Å²) >= 11 is 0. The van der Waals surface area contributed by atoms with Crippen LogP contribution in [-0.2, 0) is 6.54 Å². The van der Waals surface area contributed by atoms with Gasteiger partial charge in [-0.15, -0.1) is 0 Å². The molecule has 0 spiro atoms. The Morgan fingerprint density at radius 1 is 1.15 bits per heavy atom. The van der Waals surface area contributed by atoms with Crippen LogP contribution in [0, 0.1) is 0 Å². The first-order chi connectivity index (χ1) is 13.2. The molecule has 0 aliphatic carbocycles. The van der Waals surface area contributed by atoms with E-state index in [9.17, 15) is 4.79 Å². The second-order valence-corrected chi connectivity index (χ2v) is 5.95. The minimum Gasteiger partial charge on any atom is -0.337 e. The number of carbonyl (C=O) groups excluding carboxylic acids is 1. The van der Waals surface area contributed by atoms with Crippen LogP contribution in [0.4, 0.5) is 0 Å². The summed E-state index contributed by atoms with van der Waals surface area (Å²) in [5.41, 5.74) is 2.79. The van der Waals surface area contributed by atoms with Crippen molar-refractivity contribution in [2.75, 3.05) is 7.05 Å². The highest BCUT2D eigenvalue weighted by molar-refractivity contribution is 5.93. The van der Waals surface area contributed by atoms with Crippen molar-refractivity contribution in [3.63, 3.8) is 0 Å². The van der Waals surface area contributed by atoms with Gasteiger partial charge >= 0.3 is 0 Å². The van der Waals surface area contributed by atoms with Crippen molar-refractivity contribution < 1.29 is 9.32 Å². The Labute approximate surface area is 154 Å². The molecule has 8 nitrogen and oxygen atoms in total. The zero-order chi connectivity index (χ0) is 18.6. The predicted octanol–water partition coefficient (Wildman–Crippen LogP) is 2.79. The molecule has 0 atom stereocenters. The normalized spacial score (nSPS) is 10.7. The molecule has 0 aliphatic rings. The number of hydrogen-bond acceptors (Lipinski definition) is 6. The van der Waals surface area contributed by atoms with Crippen LogP contribution in [0.3, 0.4) is 0 Å². The summed E-state index contributed by atoms with van der Waals surface area (Å²) in [7, 11) is 1.67.